The molecule has 0 aromatic rings. The van der Waals surface area contributed by atoms with Gasteiger partial charge in [-0.3, -0.25) is 0 Å². The molecule has 0 atom stereocenters. The second-order valence-corrected chi connectivity index (χ2v) is 5.29. The molecule has 4 heteroatoms. The minimum atomic E-state index is -0.893. The van der Waals surface area contributed by atoms with E-state index in [2.05, 4.69) is 18.6 Å². The third kappa shape index (κ3) is 12.2. The lowest BCUT2D eigenvalue weighted by molar-refractivity contribution is -0.135. The van der Waals surface area contributed by atoms with E-state index in [1.165, 1.54) is 12.8 Å². The fourth-order valence-corrected chi connectivity index (χ4v) is 1.84. The van der Waals surface area contributed by atoms with Crippen LogP contribution in [0.2, 0.25) is 0 Å². The van der Waals surface area contributed by atoms with E-state index in [9.17, 15) is 9.59 Å². The molecule has 0 aliphatic rings. The van der Waals surface area contributed by atoms with Gasteiger partial charge in [-0.25, -0.2) is 9.59 Å². The average Bonchev–Trinajstić information content (AvgIpc) is 2.46. The summed E-state index contributed by atoms with van der Waals surface area (Å²) >= 11 is 0. The fraction of sp³-hybridized carbons (Fsp3) is 0.765. The molecule has 0 aliphatic carbocycles. The summed E-state index contributed by atoms with van der Waals surface area (Å²) in [6.45, 7) is 6.25. The summed E-state index contributed by atoms with van der Waals surface area (Å²) in [5, 5.41) is 0. The lowest BCUT2D eigenvalue weighted by atomic mass is 10.1. The van der Waals surface area contributed by atoms with Crippen molar-refractivity contribution in [3.05, 3.63) is 11.6 Å². The zero-order chi connectivity index (χ0) is 15.9. The van der Waals surface area contributed by atoms with E-state index >= 15 is 0 Å². The maximum Gasteiger partial charge on any atom is 0.516 e. The molecular weight excluding hydrogens is 268 g/mol. The lowest BCUT2D eigenvalue weighted by Gasteiger charge is -2.05. The second kappa shape index (κ2) is 13.7. The molecule has 0 saturated carbocycles. The van der Waals surface area contributed by atoms with Crippen LogP contribution in [0.25, 0.3) is 0 Å². The quantitative estimate of drug-likeness (QED) is 0.229. The summed E-state index contributed by atoms with van der Waals surface area (Å²) < 4.78 is 9.49. The van der Waals surface area contributed by atoms with Gasteiger partial charge in [0.25, 0.3) is 0 Å². The van der Waals surface area contributed by atoms with Gasteiger partial charge in [-0.1, -0.05) is 58.4 Å². The van der Waals surface area contributed by atoms with E-state index in [1.807, 2.05) is 6.08 Å². The molecule has 0 aromatic heterocycles. The van der Waals surface area contributed by atoms with Crippen LogP contribution in [0.3, 0.4) is 0 Å². The maximum absolute atomic E-state index is 11.6. The van der Waals surface area contributed by atoms with Crippen LogP contribution in [0.15, 0.2) is 11.6 Å². The van der Waals surface area contributed by atoms with Crippen LogP contribution in [-0.2, 0) is 14.3 Å². The van der Waals surface area contributed by atoms with E-state index in [-0.39, 0.29) is 0 Å². The maximum atomic E-state index is 11.6. The molecular formula is C17H30O4. The van der Waals surface area contributed by atoms with Gasteiger partial charge in [-0.05, 0) is 26.2 Å². The van der Waals surface area contributed by atoms with Gasteiger partial charge >= 0.3 is 12.1 Å². The van der Waals surface area contributed by atoms with Gasteiger partial charge in [0.05, 0.1) is 6.61 Å². The van der Waals surface area contributed by atoms with Crippen LogP contribution in [-0.4, -0.2) is 18.7 Å². The molecule has 0 aromatic carbocycles. The zero-order valence-corrected chi connectivity index (χ0v) is 13.8. The van der Waals surface area contributed by atoms with Crippen LogP contribution in [0.5, 0.6) is 0 Å². The zero-order valence-electron chi connectivity index (χ0n) is 13.8. The molecule has 0 fully saturated rings. The van der Waals surface area contributed by atoms with Crippen LogP contribution >= 0.6 is 0 Å². The number of esters is 1. The molecule has 0 unspecified atom stereocenters. The van der Waals surface area contributed by atoms with Crippen LogP contribution < -0.4 is 0 Å². The van der Waals surface area contributed by atoms with Gasteiger partial charge < -0.3 is 9.47 Å². The fourth-order valence-electron chi connectivity index (χ4n) is 1.84. The Morgan fingerprint density at radius 3 is 2.14 bits per heavy atom. The van der Waals surface area contributed by atoms with Crippen LogP contribution in [0.1, 0.15) is 78.6 Å². The topological polar surface area (TPSA) is 52.6 Å². The van der Waals surface area contributed by atoms with Gasteiger partial charge in [0, 0.05) is 5.57 Å². The smallest absolute Gasteiger partial charge is 0.434 e. The monoisotopic (exact) mass is 298 g/mol. The highest BCUT2D eigenvalue weighted by Gasteiger charge is 2.12. The van der Waals surface area contributed by atoms with Crippen molar-refractivity contribution in [2.45, 2.75) is 78.6 Å². The first-order valence-electron chi connectivity index (χ1n) is 8.17. The van der Waals surface area contributed by atoms with Crippen molar-refractivity contribution in [3.8, 4) is 0 Å². The Hall–Kier alpha value is -1.32. The molecule has 4 nitrogen and oxygen atoms in total. The van der Waals surface area contributed by atoms with Gasteiger partial charge in [0.2, 0.25) is 0 Å². The third-order valence-electron chi connectivity index (χ3n) is 3.22. The van der Waals surface area contributed by atoms with E-state index in [1.54, 1.807) is 6.92 Å². The summed E-state index contributed by atoms with van der Waals surface area (Å²) in [6, 6.07) is 0. The number of rotatable bonds is 11. The normalized spacial score (nSPS) is 11.3. The predicted molar refractivity (Wildman–Crippen MR) is 84.1 cm³/mol. The molecule has 0 aliphatic heterocycles. The van der Waals surface area contributed by atoms with E-state index < -0.39 is 12.1 Å². The van der Waals surface area contributed by atoms with Crippen molar-refractivity contribution < 1.29 is 19.1 Å². The molecule has 0 saturated heterocycles. The SMILES string of the molecule is CCCCCCC=C(C)C(=O)OC(=O)OCCCCCC. The summed E-state index contributed by atoms with van der Waals surface area (Å²) in [5.41, 5.74) is 0.467. The Morgan fingerprint density at radius 1 is 0.905 bits per heavy atom. The van der Waals surface area contributed by atoms with Gasteiger partial charge in [0.1, 0.15) is 0 Å². The van der Waals surface area contributed by atoms with Crippen molar-refractivity contribution in [1.29, 1.82) is 0 Å². The average molecular weight is 298 g/mol. The number of carbonyl (C=O) groups is 2. The first-order valence-corrected chi connectivity index (χ1v) is 8.17. The minimum absolute atomic E-state index is 0.311. The number of allylic oxidation sites excluding steroid dienone is 1. The Kier molecular flexibility index (Phi) is 12.8. The Labute approximate surface area is 128 Å². The van der Waals surface area contributed by atoms with Crippen molar-refractivity contribution in [2.75, 3.05) is 6.61 Å². The van der Waals surface area contributed by atoms with Crippen molar-refractivity contribution >= 4 is 12.1 Å². The minimum Gasteiger partial charge on any atom is -0.434 e. The molecule has 0 bridgehead atoms. The molecule has 0 radical (unpaired) electrons. The highest BCUT2D eigenvalue weighted by atomic mass is 16.7. The largest absolute Gasteiger partial charge is 0.516 e. The molecule has 0 N–H and O–H groups in total. The number of hydrogen-bond donors (Lipinski definition) is 0. The Bertz CT molecular complexity index is 321. The molecule has 0 heterocycles. The van der Waals surface area contributed by atoms with Crippen LogP contribution in [0.4, 0.5) is 4.79 Å². The number of carbonyl (C=O) groups excluding carboxylic acids is 2. The first kappa shape index (κ1) is 19.7. The lowest BCUT2D eigenvalue weighted by Crippen LogP contribution is -2.15. The molecule has 0 amide bonds. The molecule has 0 rings (SSSR count). The summed E-state index contributed by atoms with van der Waals surface area (Å²) in [7, 11) is 0. The van der Waals surface area contributed by atoms with E-state index in [0.29, 0.717) is 12.2 Å². The molecule has 0 spiro atoms. The highest BCUT2D eigenvalue weighted by Crippen LogP contribution is 2.07. The van der Waals surface area contributed by atoms with E-state index in [4.69, 9.17) is 4.74 Å². The Balaban J connectivity index is 3.78. The molecule has 21 heavy (non-hydrogen) atoms. The predicted octanol–water partition coefficient (Wildman–Crippen LogP) is 5.16. The number of ether oxygens (including phenoxy) is 2. The number of hydrogen-bond acceptors (Lipinski definition) is 4. The number of unbranched alkanes of at least 4 members (excludes halogenated alkanes) is 7. The summed E-state index contributed by atoms with van der Waals surface area (Å²) in [4.78, 5) is 22.9. The van der Waals surface area contributed by atoms with Crippen LogP contribution in [0, 0.1) is 0 Å². The summed E-state index contributed by atoms with van der Waals surface area (Å²) in [6.07, 6.45) is 10.5. The van der Waals surface area contributed by atoms with Crippen molar-refractivity contribution in [2.24, 2.45) is 0 Å². The van der Waals surface area contributed by atoms with Gasteiger partial charge in [0.15, 0.2) is 0 Å². The van der Waals surface area contributed by atoms with Crippen molar-refractivity contribution in [1.82, 2.24) is 0 Å². The second-order valence-electron chi connectivity index (χ2n) is 5.29. The summed E-state index contributed by atoms with van der Waals surface area (Å²) in [5.74, 6) is -0.607. The van der Waals surface area contributed by atoms with Gasteiger partial charge in [-0.15, -0.1) is 0 Å². The van der Waals surface area contributed by atoms with Crippen molar-refractivity contribution in [3.63, 3.8) is 0 Å². The van der Waals surface area contributed by atoms with E-state index in [0.717, 1.165) is 44.9 Å². The third-order valence-corrected chi connectivity index (χ3v) is 3.22. The van der Waals surface area contributed by atoms with Gasteiger partial charge in [-0.2, -0.15) is 0 Å². The Morgan fingerprint density at radius 2 is 1.52 bits per heavy atom. The first-order chi connectivity index (χ1) is 10.1. The molecule has 122 valence electrons. The highest BCUT2D eigenvalue weighted by molar-refractivity contribution is 5.93. The standard InChI is InChI=1S/C17H30O4/c1-4-6-8-10-11-13-15(3)16(18)21-17(19)20-14-12-9-7-5-2/h13H,4-12,14H2,1-3H3.